The van der Waals surface area contributed by atoms with Crippen LogP contribution in [0.1, 0.15) is 21.5 Å². The van der Waals surface area contributed by atoms with E-state index in [4.69, 9.17) is 16.3 Å². The number of nitrogens with one attached hydrogen (secondary N) is 1. The molecule has 1 amide bonds. The van der Waals surface area contributed by atoms with Gasteiger partial charge in [0, 0.05) is 0 Å². The highest BCUT2D eigenvalue weighted by Gasteiger charge is 2.15. The van der Waals surface area contributed by atoms with Crippen LogP contribution in [-0.4, -0.2) is 27.8 Å². The minimum absolute atomic E-state index is 0.234. The number of halogens is 1. The second-order valence-electron chi connectivity index (χ2n) is 5.50. The van der Waals surface area contributed by atoms with E-state index in [2.05, 4.69) is 15.4 Å². The number of aromatic nitrogens is 3. The van der Waals surface area contributed by atoms with Gasteiger partial charge in [0.15, 0.2) is 0 Å². The van der Waals surface area contributed by atoms with Gasteiger partial charge in [0.2, 0.25) is 5.95 Å². The molecule has 0 aliphatic heterocycles. The van der Waals surface area contributed by atoms with E-state index in [0.717, 1.165) is 16.9 Å². The van der Waals surface area contributed by atoms with Crippen molar-refractivity contribution in [2.75, 3.05) is 12.4 Å². The van der Waals surface area contributed by atoms with Crippen LogP contribution in [0.4, 0.5) is 5.95 Å². The summed E-state index contributed by atoms with van der Waals surface area (Å²) in [7, 11) is 1.63. The van der Waals surface area contributed by atoms with Crippen molar-refractivity contribution in [3.05, 3.63) is 70.5 Å². The Morgan fingerprint density at radius 2 is 2.00 bits per heavy atom. The second kappa shape index (κ2) is 7.36. The van der Waals surface area contributed by atoms with Gasteiger partial charge in [-0.3, -0.25) is 10.1 Å². The van der Waals surface area contributed by atoms with Gasteiger partial charge in [0.05, 0.1) is 24.2 Å². The topological polar surface area (TPSA) is 69.0 Å². The van der Waals surface area contributed by atoms with Gasteiger partial charge in [-0.25, -0.2) is 9.67 Å². The summed E-state index contributed by atoms with van der Waals surface area (Å²) in [6.45, 7) is 2.37. The number of benzene rings is 2. The summed E-state index contributed by atoms with van der Waals surface area (Å²) in [6.07, 6.45) is 1.57. The standard InChI is InChI=1S/C18H17ClN4O2/c1-12-4-3-5-15(19)16(12)17(24)21-18-20-11-23(22-18)10-13-6-8-14(25-2)9-7-13/h3-9,11H,10H2,1-2H3,(H,21,22,24). The Kier molecular flexibility index (Phi) is 5.00. The number of hydrogen-bond donors (Lipinski definition) is 1. The maximum absolute atomic E-state index is 12.4. The normalized spacial score (nSPS) is 10.5. The van der Waals surface area contributed by atoms with Crippen LogP contribution in [-0.2, 0) is 6.54 Å². The van der Waals surface area contributed by atoms with E-state index in [0.29, 0.717) is 17.1 Å². The van der Waals surface area contributed by atoms with Crippen LogP contribution in [0, 0.1) is 6.92 Å². The van der Waals surface area contributed by atoms with E-state index < -0.39 is 0 Å². The van der Waals surface area contributed by atoms with Gasteiger partial charge in [-0.2, -0.15) is 0 Å². The van der Waals surface area contributed by atoms with Gasteiger partial charge in [0.1, 0.15) is 12.1 Å². The van der Waals surface area contributed by atoms with E-state index in [1.807, 2.05) is 37.3 Å². The molecule has 3 rings (SSSR count). The SMILES string of the molecule is COc1ccc(Cn2cnc(NC(=O)c3c(C)cccc3Cl)n2)cc1. The zero-order chi connectivity index (χ0) is 17.8. The minimum atomic E-state index is -0.328. The van der Waals surface area contributed by atoms with Crippen molar-refractivity contribution in [1.29, 1.82) is 0 Å². The number of hydrogen-bond acceptors (Lipinski definition) is 4. The number of rotatable bonds is 5. The molecule has 0 aliphatic rings. The first-order chi connectivity index (χ1) is 12.1. The van der Waals surface area contributed by atoms with Crippen molar-refractivity contribution >= 4 is 23.5 Å². The molecule has 6 nitrogen and oxygen atoms in total. The highest BCUT2D eigenvalue weighted by molar-refractivity contribution is 6.34. The molecule has 1 aromatic heterocycles. The fraction of sp³-hybridized carbons (Fsp3) is 0.167. The van der Waals surface area contributed by atoms with Gasteiger partial charge in [-0.1, -0.05) is 35.9 Å². The molecule has 0 radical (unpaired) electrons. The Labute approximate surface area is 150 Å². The summed E-state index contributed by atoms with van der Waals surface area (Å²) >= 11 is 6.11. The molecular weight excluding hydrogens is 340 g/mol. The molecule has 3 aromatic rings. The zero-order valence-electron chi connectivity index (χ0n) is 13.9. The number of anilines is 1. The number of ether oxygens (including phenoxy) is 1. The molecule has 0 aliphatic carbocycles. The van der Waals surface area contributed by atoms with Crippen LogP contribution in [0.25, 0.3) is 0 Å². The Bertz CT molecular complexity index is 870. The number of carbonyl (C=O) groups excluding carboxylic acids is 1. The fourth-order valence-corrected chi connectivity index (χ4v) is 2.74. The van der Waals surface area contributed by atoms with E-state index in [1.54, 1.807) is 30.3 Å². The monoisotopic (exact) mass is 356 g/mol. The average Bonchev–Trinajstić information content (AvgIpc) is 3.02. The van der Waals surface area contributed by atoms with Crippen molar-refractivity contribution in [3.8, 4) is 5.75 Å². The Balaban J connectivity index is 1.70. The third-order valence-corrected chi connectivity index (χ3v) is 4.03. The van der Waals surface area contributed by atoms with Crippen LogP contribution >= 0.6 is 11.6 Å². The van der Waals surface area contributed by atoms with Gasteiger partial charge in [-0.05, 0) is 36.2 Å². The second-order valence-corrected chi connectivity index (χ2v) is 5.91. The van der Waals surface area contributed by atoms with Crippen molar-refractivity contribution in [2.45, 2.75) is 13.5 Å². The largest absolute Gasteiger partial charge is 0.497 e. The molecule has 1 heterocycles. The molecule has 0 bridgehead atoms. The summed E-state index contributed by atoms with van der Waals surface area (Å²) < 4.78 is 6.79. The van der Waals surface area contributed by atoms with Gasteiger partial charge in [0.25, 0.3) is 5.91 Å². The molecule has 128 valence electrons. The van der Waals surface area contributed by atoms with Crippen molar-refractivity contribution in [1.82, 2.24) is 14.8 Å². The van der Waals surface area contributed by atoms with Crippen LogP contribution in [0.2, 0.25) is 5.02 Å². The number of amides is 1. The lowest BCUT2D eigenvalue weighted by Crippen LogP contribution is -2.15. The van der Waals surface area contributed by atoms with Gasteiger partial charge >= 0.3 is 0 Å². The average molecular weight is 357 g/mol. The first-order valence-electron chi connectivity index (χ1n) is 7.65. The predicted octanol–water partition coefficient (Wildman–Crippen LogP) is 3.55. The lowest BCUT2D eigenvalue weighted by Gasteiger charge is -2.07. The highest BCUT2D eigenvalue weighted by atomic mass is 35.5. The molecule has 1 N–H and O–H groups in total. The van der Waals surface area contributed by atoms with Crippen LogP contribution < -0.4 is 10.1 Å². The molecular formula is C18H17ClN4O2. The molecule has 0 saturated heterocycles. The summed E-state index contributed by atoms with van der Waals surface area (Å²) in [6, 6.07) is 13.0. The first kappa shape index (κ1) is 17.0. The number of carbonyl (C=O) groups is 1. The minimum Gasteiger partial charge on any atom is -0.497 e. The Morgan fingerprint density at radius 3 is 2.68 bits per heavy atom. The predicted molar refractivity (Wildman–Crippen MR) is 96.3 cm³/mol. The lowest BCUT2D eigenvalue weighted by molar-refractivity contribution is 0.102. The van der Waals surface area contributed by atoms with Crippen LogP contribution in [0.3, 0.4) is 0 Å². The molecule has 25 heavy (non-hydrogen) atoms. The number of nitrogens with zero attached hydrogens (tertiary/aromatic N) is 3. The third-order valence-electron chi connectivity index (χ3n) is 3.71. The maximum atomic E-state index is 12.4. The van der Waals surface area contributed by atoms with Gasteiger partial charge in [-0.15, -0.1) is 5.10 Å². The van der Waals surface area contributed by atoms with Crippen molar-refractivity contribution in [2.24, 2.45) is 0 Å². The maximum Gasteiger partial charge on any atom is 0.259 e. The van der Waals surface area contributed by atoms with Crippen LogP contribution in [0.5, 0.6) is 5.75 Å². The molecule has 0 spiro atoms. The smallest absolute Gasteiger partial charge is 0.259 e. The first-order valence-corrected chi connectivity index (χ1v) is 8.03. The lowest BCUT2D eigenvalue weighted by atomic mass is 10.1. The third kappa shape index (κ3) is 3.97. The molecule has 7 heteroatoms. The highest BCUT2D eigenvalue weighted by Crippen LogP contribution is 2.20. The quantitative estimate of drug-likeness (QED) is 0.759. The van der Waals surface area contributed by atoms with Crippen molar-refractivity contribution in [3.63, 3.8) is 0 Å². The van der Waals surface area contributed by atoms with Gasteiger partial charge < -0.3 is 4.74 Å². The summed E-state index contributed by atoms with van der Waals surface area (Å²) in [5.74, 6) is 0.702. The summed E-state index contributed by atoms with van der Waals surface area (Å²) in [5, 5.41) is 7.35. The summed E-state index contributed by atoms with van der Waals surface area (Å²) in [5.41, 5.74) is 2.27. The number of methoxy groups -OCH3 is 1. The van der Waals surface area contributed by atoms with E-state index in [1.165, 1.54) is 0 Å². The molecule has 0 saturated carbocycles. The Hall–Kier alpha value is -2.86. The van der Waals surface area contributed by atoms with E-state index in [9.17, 15) is 4.79 Å². The molecule has 2 aromatic carbocycles. The van der Waals surface area contributed by atoms with E-state index in [-0.39, 0.29) is 11.9 Å². The molecule has 0 atom stereocenters. The summed E-state index contributed by atoms with van der Waals surface area (Å²) in [4.78, 5) is 16.5. The van der Waals surface area contributed by atoms with Crippen LogP contribution in [0.15, 0.2) is 48.8 Å². The zero-order valence-corrected chi connectivity index (χ0v) is 14.6. The van der Waals surface area contributed by atoms with E-state index >= 15 is 0 Å². The molecule has 0 unspecified atom stereocenters. The fourth-order valence-electron chi connectivity index (χ4n) is 2.43. The Morgan fingerprint density at radius 1 is 1.24 bits per heavy atom. The molecule has 0 fully saturated rings. The number of aryl methyl sites for hydroxylation is 1. The van der Waals surface area contributed by atoms with Crippen molar-refractivity contribution < 1.29 is 9.53 Å².